The molecule has 0 aliphatic rings. The van der Waals surface area contributed by atoms with E-state index in [4.69, 9.17) is 4.74 Å². The third-order valence-corrected chi connectivity index (χ3v) is 2.98. The van der Waals surface area contributed by atoms with E-state index in [1.54, 1.807) is 0 Å². The van der Waals surface area contributed by atoms with E-state index in [0.29, 0.717) is 6.10 Å². The molecule has 0 saturated carbocycles. The maximum Gasteiger partial charge on any atom is 0.0671 e. The van der Waals surface area contributed by atoms with Crippen molar-refractivity contribution in [2.45, 2.75) is 33.4 Å². The lowest BCUT2D eigenvalue weighted by Crippen LogP contribution is -2.26. The maximum atomic E-state index is 5.43. The molecular formula is C11H19NOS. The van der Waals surface area contributed by atoms with Gasteiger partial charge >= 0.3 is 0 Å². The van der Waals surface area contributed by atoms with Gasteiger partial charge in [-0.15, -0.1) is 11.3 Å². The molecule has 0 radical (unpaired) electrons. The molecule has 1 N–H and O–H groups in total. The van der Waals surface area contributed by atoms with Crippen molar-refractivity contribution in [1.82, 2.24) is 5.32 Å². The van der Waals surface area contributed by atoms with Gasteiger partial charge in [-0.3, -0.25) is 0 Å². The van der Waals surface area contributed by atoms with Crippen LogP contribution in [0.3, 0.4) is 0 Å². The Morgan fingerprint density at radius 3 is 2.86 bits per heavy atom. The van der Waals surface area contributed by atoms with E-state index in [2.05, 4.69) is 31.3 Å². The highest BCUT2D eigenvalue weighted by atomic mass is 32.1. The predicted molar refractivity (Wildman–Crippen MR) is 61.9 cm³/mol. The average molecular weight is 213 g/mol. The van der Waals surface area contributed by atoms with Crippen LogP contribution < -0.4 is 5.32 Å². The van der Waals surface area contributed by atoms with E-state index in [-0.39, 0.29) is 0 Å². The summed E-state index contributed by atoms with van der Waals surface area (Å²) in [7, 11) is 0. The highest BCUT2D eigenvalue weighted by Crippen LogP contribution is 2.14. The van der Waals surface area contributed by atoms with Crippen LogP contribution in [0.15, 0.2) is 12.1 Å². The number of ether oxygens (including phenoxy) is 1. The minimum atomic E-state index is 0.307. The van der Waals surface area contributed by atoms with Gasteiger partial charge in [0.15, 0.2) is 0 Å². The third-order valence-electron chi connectivity index (χ3n) is 1.98. The Labute approximate surface area is 90.3 Å². The zero-order valence-electron chi connectivity index (χ0n) is 9.17. The third kappa shape index (κ3) is 4.22. The fraction of sp³-hybridized carbons (Fsp3) is 0.636. The van der Waals surface area contributed by atoms with Crippen molar-refractivity contribution >= 4 is 11.3 Å². The number of aryl methyl sites for hydroxylation is 1. The van der Waals surface area contributed by atoms with Gasteiger partial charge in [0.1, 0.15) is 0 Å². The van der Waals surface area contributed by atoms with E-state index in [9.17, 15) is 0 Å². The second kappa shape index (κ2) is 6.17. The standard InChI is InChI=1S/C11H19NOS/c1-4-13-9(2)7-12-8-11-6-5-10(3)14-11/h5-6,9,12H,4,7-8H2,1-3H3. The molecule has 1 atom stereocenters. The normalized spacial score (nSPS) is 13.1. The summed E-state index contributed by atoms with van der Waals surface area (Å²) in [6.07, 6.45) is 0.307. The van der Waals surface area contributed by atoms with Crippen molar-refractivity contribution in [3.8, 4) is 0 Å². The van der Waals surface area contributed by atoms with Crippen molar-refractivity contribution in [3.05, 3.63) is 21.9 Å². The molecule has 1 rings (SSSR count). The van der Waals surface area contributed by atoms with Gasteiger partial charge in [-0.25, -0.2) is 0 Å². The van der Waals surface area contributed by atoms with E-state index in [1.165, 1.54) is 9.75 Å². The van der Waals surface area contributed by atoms with Crippen LogP contribution in [0.4, 0.5) is 0 Å². The summed E-state index contributed by atoms with van der Waals surface area (Å²) in [5.41, 5.74) is 0. The quantitative estimate of drug-likeness (QED) is 0.784. The van der Waals surface area contributed by atoms with Crippen molar-refractivity contribution < 1.29 is 4.74 Å². The minimum Gasteiger partial charge on any atom is -0.377 e. The Morgan fingerprint density at radius 2 is 2.29 bits per heavy atom. The summed E-state index contributed by atoms with van der Waals surface area (Å²) in [4.78, 5) is 2.77. The number of hydrogen-bond acceptors (Lipinski definition) is 3. The molecule has 2 nitrogen and oxygen atoms in total. The Kier molecular flexibility index (Phi) is 5.15. The van der Waals surface area contributed by atoms with E-state index in [0.717, 1.165) is 19.7 Å². The zero-order valence-corrected chi connectivity index (χ0v) is 9.99. The van der Waals surface area contributed by atoms with Crippen molar-refractivity contribution in [2.75, 3.05) is 13.2 Å². The second-order valence-electron chi connectivity index (χ2n) is 3.41. The molecule has 0 amide bonds. The largest absolute Gasteiger partial charge is 0.377 e. The fourth-order valence-corrected chi connectivity index (χ4v) is 2.18. The van der Waals surface area contributed by atoms with E-state index in [1.807, 2.05) is 18.3 Å². The summed E-state index contributed by atoms with van der Waals surface area (Å²) < 4.78 is 5.43. The first-order chi connectivity index (χ1) is 6.72. The van der Waals surface area contributed by atoms with Gasteiger partial charge in [0.2, 0.25) is 0 Å². The Balaban J connectivity index is 2.15. The molecule has 0 saturated heterocycles. The monoisotopic (exact) mass is 213 g/mol. The first-order valence-corrected chi connectivity index (χ1v) is 5.91. The molecule has 0 aliphatic carbocycles. The number of rotatable bonds is 6. The maximum absolute atomic E-state index is 5.43. The Bertz CT molecular complexity index is 260. The van der Waals surface area contributed by atoms with Crippen LogP contribution in [-0.2, 0) is 11.3 Å². The van der Waals surface area contributed by atoms with Gasteiger partial charge in [0.25, 0.3) is 0 Å². The molecule has 0 fully saturated rings. The van der Waals surface area contributed by atoms with Crippen LogP contribution in [0.5, 0.6) is 0 Å². The Morgan fingerprint density at radius 1 is 1.50 bits per heavy atom. The van der Waals surface area contributed by atoms with Crippen LogP contribution in [0.25, 0.3) is 0 Å². The second-order valence-corrected chi connectivity index (χ2v) is 4.78. The first-order valence-electron chi connectivity index (χ1n) is 5.10. The molecule has 0 spiro atoms. The lowest BCUT2D eigenvalue weighted by Gasteiger charge is -2.11. The summed E-state index contributed by atoms with van der Waals surface area (Å²) in [5, 5.41) is 3.38. The van der Waals surface area contributed by atoms with Gasteiger partial charge in [-0.1, -0.05) is 0 Å². The zero-order chi connectivity index (χ0) is 10.4. The molecule has 0 aromatic carbocycles. The van der Waals surface area contributed by atoms with Crippen molar-refractivity contribution in [3.63, 3.8) is 0 Å². The molecule has 0 aliphatic heterocycles. The smallest absolute Gasteiger partial charge is 0.0671 e. The van der Waals surface area contributed by atoms with Crippen LogP contribution in [0.1, 0.15) is 23.6 Å². The number of nitrogens with one attached hydrogen (secondary N) is 1. The molecule has 3 heteroatoms. The first kappa shape index (κ1) is 11.7. The summed E-state index contributed by atoms with van der Waals surface area (Å²) >= 11 is 1.85. The fourth-order valence-electron chi connectivity index (χ4n) is 1.32. The SMILES string of the molecule is CCOC(C)CNCc1ccc(C)s1. The molecule has 14 heavy (non-hydrogen) atoms. The lowest BCUT2D eigenvalue weighted by atomic mass is 10.4. The van der Waals surface area contributed by atoms with Crippen LogP contribution in [0, 0.1) is 6.92 Å². The van der Waals surface area contributed by atoms with E-state index >= 15 is 0 Å². The molecular weight excluding hydrogens is 194 g/mol. The van der Waals surface area contributed by atoms with Gasteiger partial charge in [0.05, 0.1) is 6.10 Å². The number of hydrogen-bond donors (Lipinski definition) is 1. The summed E-state index contributed by atoms with van der Waals surface area (Å²) in [6, 6.07) is 4.34. The molecule has 0 bridgehead atoms. The summed E-state index contributed by atoms with van der Waals surface area (Å²) in [6.45, 7) is 8.92. The van der Waals surface area contributed by atoms with Gasteiger partial charge < -0.3 is 10.1 Å². The highest BCUT2D eigenvalue weighted by Gasteiger charge is 2.00. The van der Waals surface area contributed by atoms with Crippen LogP contribution >= 0.6 is 11.3 Å². The van der Waals surface area contributed by atoms with Gasteiger partial charge in [0, 0.05) is 29.5 Å². The summed E-state index contributed by atoms with van der Waals surface area (Å²) in [5.74, 6) is 0. The lowest BCUT2D eigenvalue weighted by molar-refractivity contribution is 0.0760. The highest BCUT2D eigenvalue weighted by molar-refractivity contribution is 7.11. The van der Waals surface area contributed by atoms with Crippen LogP contribution in [-0.4, -0.2) is 19.3 Å². The van der Waals surface area contributed by atoms with Crippen molar-refractivity contribution in [2.24, 2.45) is 0 Å². The predicted octanol–water partition coefficient (Wildman–Crippen LogP) is 2.57. The molecule has 1 unspecified atom stereocenters. The Hall–Kier alpha value is -0.380. The van der Waals surface area contributed by atoms with E-state index < -0.39 is 0 Å². The van der Waals surface area contributed by atoms with Crippen LogP contribution in [0.2, 0.25) is 0 Å². The van der Waals surface area contributed by atoms with Crippen molar-refractivity contribution in [1.29, 1.82) is 0 Å². The molecule has 80 valence electrons. The molecule has 1 heterocycles. The van der Waals surface area contributed by atoms with Gasteiger partial charge in [-0.05, 0) is 32.9 Å². The topological polar surface area (TPSA) is 21.3 Å². The molecule has 1 aromatic heterocycles. The van der Waals surface area contributed by atoms with Gasteiger partial charge in [-0.2, -0.15) is 0 Å². The minimum absolute atomic E-state index is 0.307. The molecule has 1 aromatic rings. The average Bonchev–Trinajstić information content (AvgIpc) is 2.52. The number of thiophene rings is 1.